The average molecular weight is 281 g/mol. The number of phenols is 1. The van der Waals surface area contributed by atoms with Gasteiger partial charge in [-0.1, -0.05) is 0 Å². The Morgan fingerprint density at radius 2 is 1.89 bits per heavy atom. The number of amides is 1. The van der Waals surface area contributed by atoms with Crippen LogP contribution in [0.1, 0.15) is 20.8 Å². The first-order valence-electron chi connectivity index (χ1n) is 6.27. The van der Waals surface area contributed by atoms with Crippen molar-refractivity contribution in [3.05, 3.63) is 24.3 Å². The largest absolute Gasteiger partial charge is 0.508 e. The fourth-order valence-corrected chi connectivity index (χ4v) is 2.89. The summed E-state index contributed by atoms with van der Waals surface area (Å²) < 4.78 is 5.30. The third-order valence-electron chi connectivity index (χ3n) is 2.64. The molecule has 5 heteroatoms. The molecule has 0 spiro atoms. The minimum atomic E-state index is -0.438. The molecule has 1 saturated heterocycles. The van der Waals surface area contributed by atoms with Gasteiger partial charge in [0.2, 0.25) is 0 Å². The Morgan fingerprint density at radius 1 is 1.32 bits per heavy atom. The molecule has 1 amide bonds. The molecule has 1 N–H and O–H groups in total. The van der Waals surface area contributed by atoms with Crippen LogP contribution in [0, 0.1) is 0 Å². The van der Waals surface area contributed by atoms with Crippen molar-refractivity contribution < 1.29 is 14.6 Å². The van der Waals surface area contributed by atoms with Gasteiger partial charge in [-0.3, -0.25) is 0 Å². The highest BCUT2D eigenvalue weighted by Gasteiger charge is 2.34. The second-order valence-corrected chi connectivity index (χ2v) is 6.99. The highest BCUT2D eigenvalue weighted by Crippen LogP contribution is 2.31. The molecule has 0 aliphatic carbocycles. The predicted octanol–water partition coefficient (Wildman–Crippen LogP) is 3.10. The van der Waals surface area contributed by atoms with E-state index in [1.165, 1.54) is 0 Å². The van der Waals surface area contributed by atoms with Gasteiger partial charge in [0.25, 0.3) is 0 Å². The molecule has 0 bridgehead atoms. The molecule has 0 saturated carbocycles. The molecule has 104 valence electrons. The number of thioether (sulfide) groups is 1. The summed E-state index contributed by atoms with van der Waals surface area (Å²) in [6.07, 6.45) is -0.241. The van der Waals surface area contributed by atoms with Crippen molar-refractivity contribution in [1.82, 2.24) is 4.90 Å². The first-order valence-corrected chi connectivity index (χ1v) is 7.15. The van der Waals surface area contributed by atoms with Gasteiger partial charge in [0.05, 0.1) is 0 Å². The first-order chi connectivity index (χ1) is 8.83. The maximum absolute atomic E-state index is 11.7. The number of carbonyl (C=O) groups excluding carboxylic acids is 1. The zero-order valence-corrected chi connectivity index (χ0v) is 12.2. The van der Waals surface area contributed by atoms with Crippen LogP contribution in [0.2, 0.25) is 0 Å². The molecule has 0 aromatic heterocycles. The van der Waals surface area contributed by atoms with Crippen molar-refractivity contribution in [2.75, 3.05) is 13.1 Å². The van der Waals surface area contributed by atoms with Crippen LogP contribution in [-0.2, 0) is 4.74 Å². The topological polar surface area (TPSA) is 49.8 Å². The molecule has 4 nitrogen and oxygen atoms in total. The Hall–Kier alpha value is -1.36. The van der Waals surface area contributed by atoms with Crippen LogP contribution < -0.4 is 0 Å². The van der Waals surface area contributed by atoms with Gasteiger partial charge < -0.3 is 14.7 Å². The summed E-state index contributed by atoms with van der Waals surface area (Å²) in [7, 11) is 0. The third kappa shape index (κ3) is 4.06. The number of aromatic hydroxyl groups is 1. The van der Waals surface area contributed by atoms with E-state index in [2.05, 4.69) is 0 Å². The van der Waals surface area contributed by atoms with Gasteiger partial charge in [-0.05, 0) is 45.0 Å². The van der Waals surface area contributed by atoms with Gasteiger partial charge in [-0.2, -0.15) is 0 Å². The molecule has 1 fully saturated rings. The van der Waals surface area contributed by atoms with Crippen molar-refractivity contribution in [2.24, 2.45) is 0 Å². The van der Waals surface area contributed by atoms with Crippen LogP contribution in [0.4, 0.5) is 4.79 Å². The molecule has 1 aromatic rings. The first kappa shape index (κ1) is 14.1. The molecule has 0 unspecified atom stereocenters. The number of benzene rings is 1. The third-order valence-corrected chi connectivity index (χ3v) is 3.82. The van der Waals surface area contributed by atoms with Crippen LogP contribution in [0.3, 0.4) is 0 Å². The molecule has 19 heavy (non-hydrogen) atoms. The van der Waals surface area contributed by atoms with Gasteiger partial charge in [0, 0.05) is 23.2 Å². The summed E-state index contributed by atoms with van der Waals surface area (Å²) >= 11 is 1.72. The number of hydrogen-bond acceptors (Lipinski definition) is 4. The fraction of sp³-hybridized carbons (Fsp3) is 0.500. The minimum Gasteiger partial charge on any atom is -0.508 e. The monoisotopic (exact) mass is 281 g/mol. The summed E-state index contributed by atoms with van der Waals surface area (Å²) in [6.45, 7) is 7.02. The van der Waals surface area contributed by atoms with Crippen molar-refractivity contribution in [1.29, 1.82) is 0 Å². The van der Waals surface area contributed by atoms with E-state index in [0.717, 1.165) is 4.90 Å². The van der Waals surface area contributed by atoms with E-state index >= 15 is 0 Å². The number of carbonyl (C=O) groups is 1. The molecular formula is C14H19NO3S. The predicted molar refractivity (Wildman–Crippen MR) is 75.6 cm³/mol. The fourth-order valence-electron chi connectivity index (χ4n) is 1.71. The lowest BCUT2D eigenvalue weighted by Gasteiger charge is -2.39. The molecule has 2 rings (SSSR count). The van der Waals surface area contributed by atoms with Crippen molar-refractivity contribution in [3.63, 3.8) is 0 Å². The van der Waals surface area contributed by atoms with Gasteiger partial charge in [-0.15, -0.1) is 11.8 Å². The second kappa shape index (κ2) is 5.33. The number of ether oxygens (including phenoxy) is 1. The molecule has 0 radical (unpaired) electrons. The standard InChI is InChI=1S/C14H19NO3S/c1-14(2,3)18-13(17)15-8-12(9-15)19-11-6-4-10(16)5-7-11/h4-7,12,16H,8-9H2,1-3H3. The Kier molecular flexibility index (Phi) is 3.94. The van der Waals surface area contributed by atoms with E-state index < -0.39 is 5.60 Å². The summed E-state index contributed by atoms with van der Waals surface area (Å²) in [5.41, 5.74) is -0.438. The lowest BCUT2D eigenvalue weighted by Crippen LogP contribution is -2.53. The molecule has 1 heterocycles. The number of nitrogens with zero attached hydrogens (tertiary/aromatic N) is 1. The highest BCUT2D eigenvalue weighted by atomic mass is 32.2. The lowest BCUT2D eigenvalue weighted by atomic mass is 10.2. The Morgan fingerprint density at radius 3 is 2.42 bits per heavy atom. The van der Waals surface area contributed by atoms with Crippen molar-refractivity contribution >= 4 is 17.9 Å². The van der Waals surface area contributed by atoms with E-state index in [1.54, 1.807) is 28.8 Å². The smallest absolute Gasteiger partial charge is 0.410 e. The maximum Gasteiger partial charge on any atom is 0.410 e. The molecule has 1 aromatic carbocycles. The van der Waals surface area contributed by atoms with Crippen LogP contribution in [0.5, 0.6) is 5.75 Å². The van der Waals surface area contributed by atoms with Crippen molar-refractivity contribution in [2.45, 2.75) is 36.5 Å². The molecular weight excluding hydrogens is 262 g/mol. The summed E-state index contributed by atoms with van der Waals surface area (Å²) in [4.78, 5) is 14.6. The average Bonchev–Trinajstić information content (AvgIpc) is 2.22. The van der Waals surface area contributed by atoms with E-state index in [4.69, 9.17) is 4.74 Å². The van der Waals surface area contributed by atoms with Crippen LogP contribution in [0.15, 0.2) is 29.2 Å². The van der Waals surface area contributed by atoms with Gasteiger partial charge in [-0.25, -0.2) is 4.79 Å². The van der Waals surface area contributed by atoms with E-state index in [-0.39, 0.29) is 11.8 Å². The lowest BCUT2D eigenvalue weighted by molar-refractivity contribution is 0.0144. The van der Waals surface area contributed by atoms with Crippen LogP contribution in [-0.4, -0.2) is 40.0 Å². The quantitative estimate of drug-likeness (QED) is 0.905. The number of rotatable bonds is 2. The maximum atomic E-state index is 11.7. The summed E-state index contributed by atoms with van der Waals surface area (Å²) in [5, 5.41) is 9.61. The zero-order valence-electron chi connectivity index (χ0n) is 11.4. The summed E-state index contributed by atoms with van der Waals surface area (Å²) in [6, 6.07) is 7.12. The van der Waals surface area contributed by atoms with Gasteiger partial charge in [0.15, 0.2) is 0 Å². The SMILES string of the molecule is CC(C)(C)OC(=O)N1CC(Sc2ccc(O)cc2)C1. The van der Waals surface area contributed by atoms with Crippen LogP contribution in [0.25, 0.3) is 0 Å². The van der Waals surface area contributed by atoms with Crippen molar-refractivity contribution in [3.8, 4) is 5.75 Å². The van der Waals surface area contributed by atoms with E-state index in [1.807, 2.05) is 32.9 Å². The normalized spacial score (nSPS) is 16.1. The Labute approximate surface area is 117 Å². The zero-order chi connectivity index (χ0) is 14.0. The van der Waals surface area contributed by atoms with E-state index in [9.17, 15) is 9.90 Å². The second-order valence-electron chi connectivity index (χ2n) is 5.62. The van der Waals surface area contributed by atoms with Crippen LogP contribution >= 0.6 is 11.8 Å². The Bertz CT molecular complexity index is 447. The Balaban J connectivity index is 1.77. The molecule has 1 aliphatic rings. The minimum absolute atomic E-state index is 0.241. The number of hydrogen-bond donors (Lipinski definition) is 1. The molecule has 1 aliphatic heterocycles. The van der Waals surface area contributed by atoms with Gasteiger partial charge >= 0.3 is 6.09 Å². The van der Waals surface area contributed by atoms with Gasteiger partial charge in [0.1, 0.15) is 11.4 Å². The number of likely N-dealkylation sites (tertiary alicyclic amines) is 1. The number of phenolic OH excluding ortho intramolecular Hbond substituents is 1. The molecule has 0 atom stereocenters. The van der Waals surface area contributed by atoms with E-state index in [0.29, 0.717) is 18.3 Å². The highest BCUT2D eigenvalue weighted by molar-refractivity contribution is 8.00. The summed E-state index contributed by atoms with van der Waals surface area (Å²) in [5.74, 6) is 0.272.